The Bertz CT molecular complexity index is 942. The van der Waals surface area contributed by atoms with Crippen LogP contribution in [0.4, 0.5) is 0 Å². The number of fused-ring (bicyclic) bond motifs is 1. The molecule has 3 rings (SSSR count). The van der Waals surface area contributed by atoms with Gasteiger partial charge < -0.3 is 10.5 Å². The second-order valence-electron chi connectivity index (χ2n) is 5.39. The number of esters is 1. The predicted octanol–water partition coefficient (Wildman–Crippen LogP) is 0.162. The molecule has 0 spiro atoms. The highest BCUT2D eigenvalue weighted by molar-refractivity contribution is 5.78. The summed E-state index contributed by atoms with van der Waals surface area (Å²) in [5.74, 6) is 0.00516. The van der Waals surface area contributed by atoms with Crippen molar-refractivity contribution in [3.63, 3.8) is 0 Å². The van der Waals surface area contributed by atoms with Gasteiger partial charge >= 0.3 is 5.97 Å². The summed E-state index contributed by atoms with van der Waals surface area (Å²) in [6.07, 6.45) is 5.13. The quantitative estimate of drug-likeness (QED) is 0.685. The van der Waals surface area contributed by atoms with E-state index in [0.29, 0.717) is 17.6 Å². The molecule has 24 heavy (non-hydrogen) atoms. The standard InChI is InChI=1S/C16H17N5O3/c1-20-13-9-18-6-5-11(13)15(22)21(20)14-4-3-10(8-19-14)7-12(17)16(23)24-2/h3-6,8-9,12H,7,17H2,1-2H3/t12-/m0/s1. The van der Waals surface area contributed by atoms with Gasteiger partial charge in [-0.1, -0.05) is 6.07 Å². The number of carbonyl (C=O) groups is 1. The Morgan fingerprint density at radius 1 is 1.33 bits per heavy atom. The van der Waals surface area contributed by atoms with E-state index in [1.807, 2.05) is 0 Å². The topological polar surface area (TPSA) is 105 Å². The summed E-state index contributed by atoms with van der Waals surface area (Å²) in [5.41, 5.74) is 7.08. The van der Waals surface area contributed by atoms with Crippen LogP contribution in [0.25, 0.3) is 16.7 Å². The van der Waals surface area contributed by atoms with E-state index in [0.717, 1.165) is 11.1 Å². The Balaban J connectivity index is 1.95. The minimum absolute atomic E-state index is 0.165. The molecule has 0 unspecified atom stereocenters. The zero-order valence-electron chi connectivity index (χ0n) is 13.3. The molecule has 8 nitrogen and oxygen atoms in total. The first-order chi connectivity index (χ1) is 11.5. The van der Waals surface area contributed by atoms with E-state index in [1.54, 1.807) is 48.5 Å². The van der Waals surface area contributed by atoms with Crippen LogP contribution >= 0.6 is 0 Å². The van der Waals surface area contributed by atoms with Crippen LogP contribution in [0.1, 0.15) is 5.56 Å². The molecule has 0 radical (unpaired) electrons. The Morgan fingerprint density at radius 3 is 2.75 bits per heavy atom. The number of methoxy groups -OCH3 is 1. The lowest BCUT2D eigenvalue weighted by Gasteiger charge is -2.10. The second kappa shape index (κ2) is 6.25. The number of pyridine rings is 2. The first kappa shape index (κ1) is 15.9. The maximum atomic E-state index is 12.5. The lowest BCUT2D eigenvalue weighted by molar-refractivity contribution is -0.142. The van der Waals surface area contributed by atoms with Crippen LogP contribution in [0, 0.1) is 0 Å². The van der Waals surface area contributed by atoms with Gasteiger partial charge in [0.2, 0.25) is 0 Å². The SMILES string of the molecule is COC(=O)[C@@H](N)Cc1ccc(-n2c(=O)c3ccncc3n2C)nc1. The predicted molar refractivity (Wildman–Crippen MR) is 87.8 cm³/mol. The zero-order valence-corrected chi connectivity index (χ0v) is 13.3. The van der Waals surface area contributed by atoms with Crippen LogP contribution in [-0.4, -0.2) is 38.5 Å². The molecule has 8 heteroatoms. The minimum atomic E-state index is -0.742. The average molecular weight is 327 g/mol. The van der Waals surface area contributed by atoms with E-state index >= 15 is 0 Å². The molecule has 0 amide bonds. The Labute approximate surface area is 137 Å². The molecule has 3 aromatic rings. The summed E-state index contributed by atoms with van der Waals surface area (Å²) in [6, 6.07) is 4.44. The summed E-state index contributed by atoms with van der Waals surface area (Å²) in [4.78, 5) is 32.3. The monoisotopic (exact) mass is 327 g/mol. The summed E-state index contributed by atoms with van der Waals surface area (Å²) in [7, 11) is 3.07. The molecule has 0 saturated heterocycles. The second-order valence-corrected chi connectivity index (χ2v) is 5.39. The van der Waals surface area contributed by atoms with Crippen LogP contribution in [0.2, 0.25) is 0 Å². The summed E-state index contributed by atoms with van der Waals surface area (Å²) in [6.45, 7) is 0. The molecule has 0 fully saturated rings. The maximum Gasteiger partial charge on any atom is 0.322 e. The number of aromatic nitrogens is 4. The molecule has 0 bridgehead atoms. The third-order valence-corrected chi connectivity index (χ3v) is 3.86. The van der Waals surface area contributed by atoms with Crippen LogP contribution < -0.4 is 11.3 Å². The summed E-state index contributed by atoms with van der Waals surface area (Å²) in [5, 5.41) is 0.575. The van der Waals surface area contributed by atoms with Gasteiger partial charge in [-0.2, -0.15) is 4.68 Å². The average Bonchev–Trinajstić information content (AvgIpc) is 2.86. The highest BCUT2D eigenvalue weighted by Crippen LogP contribution is 2.12. The molecule has 0 saturated carbocycles. The molecular weight excluding hydrogens is 310 g/mol. The van der Waals surface area contributed by atoms with Gasteiger partial charge in [0.05, 0.1) is 24.2 Å². The molecule has 0 aliphatic heterocycles. The Morgan fingerprint density at radius 2 is 2.12 bits per heavy atom. The molecule has 0 aromatic carbocycles. The van der Waals surface area contributed by atoms with Crippen molar-refractivity contribution in [2.75, 3.05) is 7.11 Å². The van der Waals surface area contributed by atoms with Gasteiger partial charge in [0.25, 0.3) is 5.56 Å². The molecule has 1 atom stereocenters. The van der Waals surface area contributed by atoms with Crippen molar-refractivity contribution in [2.45, 2.75) is 12.5 Å². The summed E-state index contributed by atoms with van der Waals surface area (Å²) < 4.78 is 7.77. The number of ether oxygens (including phenoxy) is 1. The lowest BCUT2D eigenvalue weighted by Crippen LogP contribution is -2.33. The molecule has 3 heterocycles. The van der Waals surface area contributed by atoms with Gasteiger partial charge in [-0.05, 0) is 24.1 Å². The first-order valence-corrected chi connectivity index (χ1v) is 7.33. The lowest BCUT2D eigenvalue weighted by atomic mass is 10.1. The third-order valence-electron chi connectivity index (χ3n) is 3.86. The van der Waals surface area contributed by atoms with E-state index in [4.69, 9.17) is 5.73 Å². The Kier molecular flexibility index (Phi) is 4.13. The van der Waals surface area contributed by atoms with E-state index in [1.165, 1.54) is 11.8 Å². The normalized spacial score (nSPS) is 12.3. The van der Waals surface area contributed by atoms with Crippen molar-refractivity contribution in [3.8, 4) is 5.82 Å². The minimum Gasteiger partial charge on any atom is -0.468 e. The number of nitrogens with two attached hydrogens (primary N) is 1. The van der Waals surface area contributed by atoms with Crippen LogP contribution in [0.3, 0.4) is 0 Å². The molecular formula is C16H17N5O3. The highest BCUT2D eigenvalue weighted by atomic mass is 16.5. The van der Waals surface area contributed by atoms with E-state index in [9.17, 15) is 9.59 Å². The van der Waals surface area contributed by atoms with E-state index in [-0.39, 0.29) is 5.56 Å². The number of hydrogen-bond acceptors (Lipinski definition) is 6. The van der Waals surface area contributed by atoms with Crippen molar-refractivity contribution < 1.29 is 9.53 Å². The smallest absolute Gasteiger partial charge is 0.322 e. The van der Waals surface area contributed by atoms with E-state index < -0.39 is 12.0 Å². The van der Waals surface area contributed by atoms with Gasteiger partial charge in [0.1, 0.15) is 6.04 Å². The van der Waals surface area contributed by atoms with Crippen LogP contribution in [-0.2, 0) is 23.0 Å². The van der Waals surface area contributed by atoms with Gasteiger partial charge in [-0.3, -0.25) is 19.3 Å². The first-order valence-electron chi connectivity index (χ1n) is 7.33. The number of carbonyl (C=O) groups excluding carboxylic acids is 1. The van der Waals surface area contributed by atoms with Crippen molar-refractivity contribution in [2.24, 2.45) is 12.8 Å². The fourth-order valence-corrected chi connectivity index (χ4v) is 2.59. The highest BCUT2D eigenvalue weighted by Gasteiger charge is 2.16. The Hall–Kier alpha value is -3.00. The van der Waals surface area contributed by atoms with Gasteiger partial charge in [0, 0.05) is 19.4 Å². The number of hydrogen-bond donors (Lipinski definition) is 1. The van der Waals surface area contributed by atoms with Crippen molar-refractivity contribution in [1.82, 2.24) is 19.3 Å². The number of rotatable bonds is 4. The molecule has 0 aliphatic carbocycles. The fraction of sp³-hybridized carbons (Fsp3) is 0.250. The molecule has 0 aliphatic rings. The third kappa shape index (κ3) is 2.67. The van der Waals surface area contributed by atoms with Crippen molar-refractivity contribution in [3.05, 3.63) is 52.7 Å². The molecule has 124 valence electrons. The van der Waals surface area contributed by atoms with Crippen molar-refractivity contribution in [1.29, 1.82) is 0 Å². The molecule has 2 N–H and O–H groups in total. The van der Waals surface area contributed by atoms with Crippen LogP contribution in [0.5, 0.6) is 0 Å². The zero-order chi connectivity index (χ0) is 17.3. The van der Waals surface area contributed by atoms with Crippen LogP contribution in [0.15, 0.2) is 41.6 Å². The fourth-order valence-electron chi connectivity index (χ4n) is 2.59. The van der Waals surface area contributed by atoms with Gasteiger partial charge in [-0.15, -0.1) is 0 Å². The van der Waals surface area contributed by atoms with E-state index in [2.05, 4.69) is 14.7 Å². The maximum absolute atomic E-state index is 12.5. The summed E-state index contributed by atoms with van der Waals surface area (Å²) >= 11 is 0. The number of nitrogens with zero attached hydrogens (tertiary/aromatic N) is 4. The largest absolute Gasteiger partial charge is 0.468 e. The number of aryl methyl sites for hydroxylation is 1. The van der Waals surface area contributed by atoms with Gasteiger partial charge in [0.15, 0.2) is 5.82 Å². The van der Waals surface area contributed by atoms with Gasteiger partial charge in [-0.25, -0.2) is 4.98 Å². The van der Waals surface area contributed by atoms with Crippen molar-refractivity contribution >= 4 is 16.9 Å². The molecule has 3 aromatic heterocycles.